The highest BCUT2D eigenvalue weighted by Gasteiger charge is 2.02. The standard InChI is InChI=1S/C15H22N2/c1-6-13-8-14(7-2)10-15(9-13)12(5)17-16-11(3)4/h8-10H,6-7H2,1-5H3/b17-12+. The molecule has 0 aromatic heterocycles. The van der Waals surface area contributed by atoms with E-state index in [2.05, 4.69) is 42.2 Å². The zero-order valence-electron chi connectivity index (χ0n) is 11.5. The molecule has 0 radical (unpaired) electrons. The highest BCUT2D eigenvalue weighted by atomic mass is 15.2. The molecule has 0 amide bonds. The van der Waals surface area contributed by atoms with E-state index in [9.17, 15) is 0 Å². The smallest absolute Gasteiger partial charge is 0.0671 e. The van der Waals surface area contributed by atoms with Crippen LogP contribution in [-0.2, 0) is 12.8 Å². The highest BCUT2D eigenvalue weighted by Crippen LogP contribution is 2.13. The predicted octanol–water partition coefficient (Wildman–Crippen LogP) is 4.02. The van der Waals surface area contributed by atoms with Crippen molar-refractivity contribution < 1.29 is 0 Å². The minimum absolute atomic E-state index is 0.978. The molecule has 1 rings (SSSR count). The Morgan fingerprint density at radius 2 is 1.41 bits per heavy atom. The first-order valence-corrected chi connectivity index (χ1v) is 6.25. The molecule has 92 valence electrons. The summed E-state index contributed by atoms with van der Waals surface area (Å²) in [5.74, 6) is 0. The molecular weight excluding hydrogens is 208 g/mol. The molecule has 0 bridgehead atoms. The van der Waals surface area contributed by atoms with Gasteiger partial charge in [-0.25, -0.2) is 0 Å². The van der Waals surface area contributed by atoms with Crippen molar-refractivity contribution in [1.29, 1.82) is 0 Å². The van der Waals surface area contributed by atoms with Crippen LogP contribution in [0.4, 0.5) is 0 Å². The van der Waals surface area contributed by atoms with Crippen LogP contribution in [0.25, 0.3) is 0 Å². The van der Waals surface area contributed by atoms with Crippen LogP contribution >= 0.6 is 0 Å². The van der Waals surface area contributed by atoms with Gasteiger partial charge in [-0.05, 0) is 62.4 Å². The lowest BCUT2D eigenvalue weighted by molar-refractivity contribution is 1.08. The van der Waals surface area contributed by atoms with Gasteiger partial charge < -0.3 is 0 Å². The summed E-state index contributed by atoms with van der Waals surface area (Å²) in [5.41, 5.74) is 5.88. The number of aryl methyl sites for hydroxylation is 2. The molecule has 0 saturated heterocycles. The zero-order chi connectivity index (χ0) is 12.8. The molecule has 17 heavy (non-hydrogen) atoms. The molecular formula is C15H22N2. The highest BCUT2D eigenvalue weighted by molar-refractivity contribution is 5.99. The minimum atomic E-state index is 0.978. The van der Waals surface area contributed by atoms with Crippen LogP contribution in [0.2, 0.25) is 0 Å². The maximum Gasteiger partial charge on any atom is 0.0671 e. The second-order valence-electron chi connectivity index (χ2n) is 4.48. The van der Waals surface area contributed by atoms with Gasteiger partial charge >= 0.3 is 0 Å². The van der Waals surface area contributed by atoms with Gasteiger partial charge in [0.15, 0.2) is 0 Å². The van der Waals surface area contributed by atoms with E-state index in [1.807, 2.05) is 20.8 Å². The van der Waals surface area contributed by atoms with E-state index in [4.69, 9.17) is 0 Å². The topological polar surface area (TPSA) is 24.7 Å². The van der Waals surface area contributed by atoms with Gasteiger partial charge in [-0.1, -0.05) is 19.9 Å². The summed E-state index contributed by atoms with van der Waals surface area (Å²) < 4.78 is 0. The van der Waals surface area contributed by atoms with Gasteiger partial charge in [-0.2, -0.15) is 10.2 Å². The molecule has 2 nitrogen and oxygen atoms in total. The summed E-state index contributed by atoms with van der Waals surface area (Å²) in [4.78, 5) is 0. The van der Waals surface area contributed by atoms with Crippen LogP contribution in [0.1, 0.15) is 51.3 Å². The van der Waals surface area contributed by atoms with Gasteiger partial charge in [0.05, 0.1) is 5.71 Å². The number of hydrogen-bond donors (Lipinski definition) is 0. The number of nitrogens with zero attached hydrogens (tertiary/aromatic N) is 2. The van der Waals surface area contributed by atoms with Crippen molar-refractivity contribution in [2.75, 3.05) is 0 Å². The van der Waals surface area contributed by atoms with Crippen molar-refractivity contribution >= 4 is 11.4 Å². The fraction of sp³-hybridized carbons (Fsp3) is 0.467. The van der Waals surface area contributed by atoms with Gasteiger partial charge in [-0.15, -0.1) is 0 Å². The summed E-state index contributed by atoms with van der Waals surface area (Å²) >= 11 is 0. The molecule has 0 N–H and O–H groups in total. The van der Waals surface area contributed by atoms with Gasteiger partial charge in [0.25, 0.3) is 0 Å². The fourth-order valence-electron chi connectivity index (χ4n) is 1.61. The van der Waals surface area contributed by atoms with Crippen LogP contribution in [0, 0.1) is 0 Å². The predicted molar refractivity (Wildman–Crippen MR) is 76.2 cm³/mol. The molecule has 0 unspecified atom stereocenters. The maximum atomic E-state index is 4.25. The molecule has 0 aliphatic rings. The monoisotopic (exact) mass is 230 g/mol. The molecule has 0 fully saturated rings. The first kappa shape index (κ1) is 13.6. The molecule has 0 aliphatic carbocycles. The second-order valence-corrected chi connectivity index (χ2v) is 4.48. The van der Waals surface area contributed by atoms with Crippen molar-refractivity contribution in [2.45, 2.75) is 47.5 Å². The molecule has 1 aromatic rings. The third-order valence-electron chi connectivity index (χ3n) is 2.69. The lowest BCUT2D eigenvalue weighted by Gasteiger charge is -2.06. The Balaban J connectivity index is 3.12. The van der Waals surface area contributed by atoms with E-state index < -0.39 is 0 Å². The third kappa shape index (κ3) is 4.14. The van der Waals surface area contributed by atoms with Gasteiger partial charge in [-0.3, -0.25) is 0 Å². The molecule has 0 spiro atoms. The summed E-state index contributed by atoms with van der Waals surface area (Å²) in [5, 5.41) is 8.37. The molecule has 1 aromatic carbocycles. The summed E-state index contributed by atoms with van der Waals surface area (Å²) in [6, 6.07) is 6.68. The normalized spacial score (nSPS) is 11.5. The number of rotatable bonds is 4. The summed E-state index contributed by atoms with van der Waals surface area (Å²) in [7, 11) is 0. The average Bonchev–Trinajstić information content (AvgIpc) is 2.34. The minimum Gasteiger partial charge on any atom is -0.160 e. The first-order valence-electron chi connectivity index (χ1n) is 6.25. The average molecular weight is 230 g/mol. The van der Waals surface area contributed by atoms with Crippen molar-refractivity contribution in [3.8, 4) is 0 Å². The van der Waals surface area contributed by atoms with Crippen LogP contribution in [0.15, 0.2) is 28.4 Å². The lowest BCUT2D eigenvalue weighted by Crippen LogP contribution is -1.98. The summed E-state index contributed by atoms with van der Waals surface area (Å²) in [6.45, 7) is 10.3. The largest absolute Gasteiger partial charge is 0.160 e. The van der Waals surface area contributed by atoms with Gasteiger partial charge in [0.1, 0.15) is 0 Å². The molecule has 0 saturated carbocycles. The van der Waals surface area contributed by atoms with Crippen LogP contribution in [0.5, 0.6) is 0 Å². The maximum absolute atomic E-state index is 4.25. The zero-order valence-corrected chi connectivity index (χ0v) is 11.5. The Hall–Kier alpha value is -1.44. The van der Waals surface area contributed by atoms with Crippen LogP contribution < -0.4 is 0 Å². The SMILES string of the molecule is CCc1cc(CC)cc(/C(C)=N/N=C(C)C)c1. The van der Waals surface area contributed by atoms with Crippen molar-refractivity contribution in [3.05, 3.63) is 34.9 Å². The quantitative estimate of drug-likeness (QED) is 0.551. The Kier molecular flexibility index (Phi) is 5.08. The Morgan fingerprint density at radius 3 is 1.82 bits per heavy atom. The van der Waals surface area contributed by atoms with Crippen molar-refractivity contribution in [1.82, 2.24) is 0 Å². The van der Waals surface area contributed by atoms with E-state index >= 15 is 0 Å². The summed E-state index contributed by atoms with van der Waals surface area (Å²) in [6.07, 6.45) is 2.12. The van der Waals surface area contributed by atoms with Crippen LogP contribution in [0.3, 0.4) is 0 Å². The van der Waals surface area contributed by atoms with E-state index in [-0.39, 0.29) is 0 Å². The first-order chi connectivity index (χ1) is 8.06. The number of hydrogen-bond acceptors (Lipinski definition) is 2. The molecule has 0 heterocycles. The molecule has 0 aliphatic heterocycles. The van der Waals surface area contributed by atoms with Crippen LogP contribution in [-0.4, -0.2) is 11.4 Å². The van der Waals surface area contributed by atoms with E-state index in [0.29, 0.717) is 0 Å². The molecule has 0 atom stereocenters. The lowest BCUT2D eigenvalue weighted by atomic mass is 10.0. The van der Waals surface area contributed by atoms with E-state index in [1.165, 1.54) is 16.7 Å². The Bertz CT molecular complexity index is 416. The van der Waals surface area contributed by atoms with E-state index in [0.717, 1.165) is 24.3 Å². The van der Waals surface area contributed by atoms with Gasteiger partial charge in [0, 0.05) is 5.71 Å². The number of benzene rings is 1. The van der Waals surface area contributed by atoms with Crippen molar-refractivity contribution in [2.24, 2.45) is 10.2 Å². The van der Waals surface area contributed by atoms with Gasteiger partial charge in [0.2, 0.25) is 0 Å². The Labute approximate surface area is 104 Å². The Morgan fingerprint density at radius 1 is 0.882 bits per heavy atom. The molecule has 2 heteroatoms. The van der Waals surface area contributed by atoms with E-state index in [1.54, 1.807) is 0 Å². The third-order valence-corrected chi connectivity index (χ3v) is 2.69. The fourth-order valence-corrected chi connectivity index (χ4v) is 1.61. The van der Waals surface area contributed by atoms with Crippen molar-refractivity contribution in [3.63, 3.8) is 0 Å². The second kappa shape index (κ2) is 6.33.